The molecule has 0 aliphatic heterocycles. The van der Waals surface area contributed by atoms with E-state index >= 15 is 0 Å². The minimum atomic E-state index is -2.33. The molecule has 0 fully saturated rings. The summed E-state index contributed by atoms with van der Waals surface area (Å²) in [6.45, 7) is 0. The Morgan fingerprint density at radius 3 is 1.20 bits per heavy atom. The first-order valence-corrected chi connectivity index (χ1v) is 1.44. The molecule has 8 heteroatoms. The minimum Gasteiger partial charge on any atom is -0.652 e. The van der Waals surface area contributed by atoms with Gasteiger partial charge in [-0.2, -0.15) is 0 Å². The van der Waals surface area contributed by atoms with Gasteiger partial charge in [0.2, 0.25) is 0 Å². The van der Waals surface area contributed by atoms with Gasteiger partial charge in [0.25, 0.3) is 0 Å². The smallest absolute Gasteiger partial charge is 0.652 e. The summed E-state index contributed by atoms with van der Waals surface area (Å²) in [5, 5.41) is 22.7. The number of carboxylic acid groups (broad SMARTS) is 2. The minimum absolute atomic E-state index is 0. The summed E-state index contributed by atoms with van der Waals surface area (Å²) in [4.78, 5) is 8.33. The molecule has 0 aromatic rings. The molecule has 0 rings (SSSR count). The van der Waals surface area contributed by atoms with E-state index in [1.165, 1.54) is 0 Å². The van der Waals surface area contributed by atoms with E-state index in [4.69, 9.17) is 20.4 Å². The normalized spacial score (nSPS) is 4.80. The second kappa shape index (κ2) is 17.1. The first-order valence-electron chi connectivity index (χ1n) is 1.44. The summed E-state index contributed by atoms with van der Waals surface area (Å²) in [6.07, 6.45) is -2.33. The Morgan fingerprint density at radius 1 is 1.20 bits per heavy atom. The zero-order valence-corrected chi connectivity index (χ0v) is 12.1. The molecule has 0 aromatic heterocycles. The van der Waals surface area contributed by atoms with Crippen LogP contribution in [0.15, 0.2) is 0 Å². The Morgan fingerprint density at radius 2 is 1.20 bits per heavy atom. The molecule has 10 heavy (non-hydrogen) atoms. The van der Waals surface area contributed by atoms with Gasteiger partial charge in [0.05, 0.1) is 0 Å². The van der Waals surface area contributed by atoms with E-state index in [0.29, 0.717) is 0 Å². The van der Waals surface area contributed by atoms with Crippen molar-refractivity contribution in [1.29, 1.82) is 5.41 Å². The first-order chi connectivity index (χ1) is 3.46. The van der Waals surface area contributed by atoms with Gasteiger partial charge >= 0.3 is 103 Å². The monoisotopic (exact) mass is 197 g/mol. The van der Waals surface area contributed by atoms with Crippen LogP contribution in [-0.2, 0) is 0 Å². The molecule has 0 radical (unpaired) electrons. The maximum Gasteiger partial charge on any atom is 1.00 e. The third kappa shape index (κ3) is 232. The van der Waals surface area contributed by atoms with Gasteiger partial charge in [0.1, 0.15) is 0 Å². The molecule has 6 nitrogen and oxygen atoms in total. The van der Waals surface area contributed by atoms with Crippen molar-refractivity contribution >= 4 is 12.1 Å². The third-order valence-corrected chi connectivity index (χ3v) is 0. The number of carbonyl (C=O) groups excluding carboxylic acids is 1. The molecular weight excluding hydrogens is 192 g/mol. The molecule has 0 amide bonds. The van der Waals surface area contributed by atoms with E-state index in [1.807, 2.05) is 0 Å². The fraction of sp³-hybridized carbons (Fsp3) is 0. The van der Waals surface area contributed by atoms with Crippen LogP contribution in [0.25, 0.3) is 0 Å². The summed E-state index contributed by atoms with van der Waals surface area (Å²) in [7, 11) is 0. The molecule has 0 unspecified atom stereocenters. The number of guanidine groups is 1. The number of hydrogen-bond donors (Lipinski definition) is 3. The quantitative estimate of drug-likeness (QED) is 0.201. The largest absolute Gasteiger partial charge is 1.00 e. The van der Waals surface area contributed by atoms with E-state index < -0.39 is 6.16 Å². The van der Waals surface area contributed by atoms with Gasteiger partial charge in [-0.25, -0.2) is 0 Å². The summed E-state index contributed by atoms with van der Waals surface area (Å²) < 4.78 is 0. The van der Waals surface area contributed by atoms with Crippen molar-refractivity contribution in [2.75, 3.05) is 0 Å². The van der Waals surface area contributed by atoms with Gasteiger partial charge in [-0.1, -0.05) is 0 Å². The molecular formula is C2H5K2N3O3. The van der Waals surface area contributed by atoms with E-state index in [2.05, 4.69) is 11.5 Å². The van der Waals surface area contributed by atoms with Crippen LogP contribution in [0.5, 0.6) is 0 Å². The Balaban J connectivity index is -0.0000000300. The van der Waals surface area contributed by atoms with Crippen molar-refractivity contribution in [2.24, 2.45) is 11.5 Å². The SMILES string of the molecule is N=C(N)N.O=C([O-])[O-].[K+].[K+]. The van der Waals surface area contributed by atoms with E-state index in [9.17, 15) is 0 Å². The van der Waals surface area contributed by atoms with Gasteiger partial charge in [0.15, 0.2) is 5.96 Å². The van der Waals surface area contributed by atoms with Crippen molar-refractivity contribution in [1.82, 2.24) is 0 Å². The molecule has 48 valence electrons. The number of nitrogens with two attached hydrogens (primary N) is 2. The van der Waals surface area contributed by atoms with Crippen LogP contribution in [0.1, 0.15) is 0 Å². The van der Waals surface area contributed by atoms with E-state index in [0.717, 1.165) is 0 Å². The molecule has 0 aliphatic rings. The predicted molar refractivity (Wildman–Crippen MR) is 21.5 cm³/mol. The number of carbonyl (C=O) groups is 1. The number of hydrogen-bond acceptors (Lipinski definition) is 4. The standard InChI is InChI=1S/CH5N3.CH2O3.2K/c2*2-1(3)4;;/h(H5,2,3,4);(H2,2,3,4);;/q;;2*+1/p-2. The predicted octanol–water partition coefficient (Wildman–Crippen LogP) is -9.60. The summed E-state index contributed by atoms with van der Waals surface area (Å²) in [5.74, 6) is -0.333. The molecule has 0 aliphatic carbocycles. The molecule has 0 heterocycles. The second-order valence-electron chi connectivity index (χ2n) is 0.705. The second-order valence-corrected chi connectivity index (χ2v) is 0.705. The fourth-order valence-electron chi connectivity index (χ4n) is 0. The molecule has 0 atom stereocenters. The Bertz CT molecular complexity index is 77.7. The van der Waals surface area contributed by atoms with Gasteiger partial charge < -0.3 is 26.5 Å². The molecule has 0 saturated heterocycles. The zero-order chi connectivity index (χ0) is 7.15. The first kappa shape index (κ1) is 22.6. The molecule has 0 spiro atoms. The van der Waals surface area contributed by atoms with Crippen molar-refractivity contribution in [3.05, 3.63) is 0 Å². The molecule has 5 N–H and O–H groups in total. The number of rotatable bonds is 0. The van der Waals surface area contributed by atoms with Gasteiger partial charge in [-0.3, -0.25) is 5.41 Å². The van der Waals surface area contributed by atoms with Crippen molar-refractivity contribution < 1.29 is 118 Å². The van der Waals surface area contributed by atoms with Crippen LogP contribution < -0.4 is 124 Å². The molecule has 0 aromatic carbocycles. The topological polar surface area (TPSA) is 139 Å². The zero-order valence-electron chi connectivity index (χ0n) is 5.88. The molecule has 0 saturated carbocycles. The van der Waals surface area contributed by atoms with Crippen LogP contribution in [-0.4, -0.2) is 12.1 Å². The van der Waals surface area contributed by atoms with Crippen LogP contribution in [0.2, 0.25) is 0 Å². The molecule has 0 bridgehead atoms. The van der Waals surface area contributed by atoms with Crippen molar-refractivity contribution in [3.63, 3.8) is 0 Å². The van der Waals surface area contributed by atoms with E-state index in [1.54, 1.807) is 0 Å². The summed E-state index contributed by atoms with van der Waals surface area (Å²) in [6, 6.07) is 0. The Kier molecular flexibility index (Phi) is 38.6. The Labute approximate surface area is 143 Å². The summed E-state index contributed by atoms with van der Waals surface area (Å²) >= 11 is 0. The fourth-order valence-corrected chi connectivity index (χ4v) is 0. The maximum absolute atomic E-state index is 8.33. The van der Waals surface area contributed by atoms with Gasteiger partial charge in [-0.05, 0) is 6.16 Å². The van der Waals surface area contributed by atoms with Crippen LogP contribution >= 0.6 is 0 Å². The average molecular weight is 197 g/mol. The van der Waals surface area contributed by atoms with Gasteiger partial charge in [-0.15, -0.1) is 0 Å². The van der Waals surface area contributed by atoms with E-state index in [-0.39, 0.29) is 109 Å². The van der Waals surface area contributed by atoms with Crippen LogP contribution in [0.4, 0.5) is 4.79 Å². The number of nitrogens with one attached hydrogen (secondary N) is 1. The van der Waals surface area contributed by atoms with Crippen LogP contribution in [0.3, 0.4) is 0 Å². The Hall–Kier alpha value is 1.81. The maximum atomic E-state index is 8.33. The van der Waals surface area contributed by atoms with Crippen molar-refractivity contribution in [2.45, 2.75) is 0 Å². The average Bonchev–Trinajstić information content (AvgIpc) is 1.25. The van der Waals surface area contributed by atoms with Crippen LogP contribution in [0, 0.1) is 5.41 Å². The third-order valence-electron chi connectivity index (χ3n) is 0. The van der Waals surface area contributed by atoms with Gasteiger partial charge in [0, 0.05) is 0 Å². The summed E-state index contributed by atoms with van der Waals surface area (Å²) in [5.41, 5.74) is 8.94. The van der Waals surface area contributed by atoms with Crippen molar-refractivity contribution in [3.8, 4) is 0 Å².